The first-order valence-electron chi connectivity index (χ1n) is 7.50. The molecule has 1 aromatic rings. The molecular formula is C17H23ClFNO. The van der Waals surface area contributed by atoms with E-state index in [1.165, 1.54) is 12.5 Å². The topological polar surface area (TPSA) is 20.3 Å². The van der Waals surface area contributed by atoms with Crippen LogP contribution in [0.1, 0.15) is 38.2 Å². The van der Waals surface area contributed by atoms with Crippen LogP contribution in [0.2, 0.25) is 5.02 Å². The lowest BCUT2D eigenvalue weighted by molar-refractivity contribution is -0.132. The Balaban J connectivity index is 2.21. The van der Waals surface area contributed by atoms with Gasteiger partial charge in [-0.1, -0.05) is 37.4 Å². The zero-order valence-electron chi connectivity index (χ0n) is 13.0. The van der Waals surface area contributed by atoms with Gasteiger partial charge in [0.2, 0.25) is 0 Å². The fraction of sp³-hybridized carbons (Fsp3) is 0.588. The molecule has 0 N–H and O–H groups in total. The fourth-order valence-electron chi connectivity index (χ4n) is 3.43. The molecule has 2 atom stereocenters. The summed E-state index contributed by atoms with van der Waals surface area (Å²) in [7, 11) is 3.96. The maximum absolute atomic E-state index is 13.2. The molecule has 0 radical (unpaired) electrons. The summed E-state index contributed by atoms with van der Waals surface area (Å²) < 4.78 is 13.2. The first-order valence-corrected chi connectivity index (χ1v) is 7.87. The summed E-state index contributed by atoms with van der Waals surface area (Å²) >= 11 is 5.81. The van der Waals surface area contributed by atoms with Crippen molar-refractivity contribution in [1.29, 1.82) is 0 Å². The molecule has 1 fully saturated rings. The minimum absolute atomic E-state index is 0.0798. The van der Waals surface area contributed by atoms with Crippen molar-refractivity contribution < 1.29 is 9.18 Å². The van der Waals surface area contributed by atoms with Gasteiger partial charge in [-0.25, -0.2) is 4.39 Å². The van der Waals surface area contributed by atoms with Gasteiger partial charge >= 0.3 is 0 Å². The Kier molecular flexibility index (Phi) is 5.05. The molecule has 0 heterocycles. The highest BCUT2D eigenvalue weighted by Crippen LogP contribution is 2.37. The summed E-state index contributed by atoms with van der Waals surface area (Å²) in [5, 5.41) is 0.0798. The van der Waals surface area contributed by atoms with Gasteiger partial charge in [0.25, 0.3) is 0 Å². The van der Waals surface area contributed by atoms with Gasteiger partial charge in [0, 0.05) is 6.42 Å². The van der Waals surface area contributed by atoms with Crippen LogP contribution in [-0.4, -0.2) is 30.3 Å². The van der Waals surface area contributed by atoms with Crippen molar-refractivity contribution in [3.8, 4) is 0 Å². The molecule has 21 heavy (non-hydrogen) atoms. The minimum Gasteiger partial charge on any atom is -0.297 e. The quantitative estimate of drug-likeness (QED) is 0.834. The molecular weight excluding hydrogens is 289 g/mol. The number of benzene rings is 1. The number of ketones is 1. The predicted octanol–water partition coefficient (Wildman–Crippen LogP) is 4.10. The summed E-state index contributed by atoms with van der Waals surface area (Å²) in [5.41, 5.74) is 0.393. The summed E-state index contributed by atoms with van der Waals surface area (Å²) in [6, 6.07) is 4.54. The monoisotopic (exact) mass is 311 g/mol. The molecule has 0 spiro atoms. The number of nitrogens with zero attached hydrogens (tertiary/aromatic N) is 1. The minimum atomic E-state index is -0.443. The van der Waals surface area contributed by atoms with Gasteiger partial charge in [0.05, 0.1) is 10.6 Å². The number of carbonyl (C=O) groups excluding carboxylic acids is 1. The molecule has 0 amide bonds. The second-order valence-corrected chi connectivity index (χ2v) is 6.88. The number of hydrogen-bond donors (Lipinski definition) is 0. The smallest absolute Gasteiger partial charge is 0.157 e. The van der Waals surface area contributed by atoms with E-state index in [-0.39, 0.29) is 10.8 Å². The van der Waals surface area contributed by atoms with Crippen molar-refractivity contribution >= 4 is 17.4 Å². The molecule has 0 bridgehead atoms. The third kappa shape index (κ3) is 3.46. The van der Waals surface area contributed by atoms with E-state index < -0.39 is 11.4 Å². The fourth-order valence-corrected chi connectivity index (χ4v) is 3.64. The van der Waals surface area contributed by atoms with E-state index in [1.54, 1.807) is 12.1 Å². The Morgan fingerprint density at radius 2 is 2.19 bits per heavy atom. The van der Waals surface area contributed by atoms with Crippen molar-refractivity contribution in [2.75, 3.05) is 14.1 Å². The van der Waals surface area contributed by atoms with Gasteiger partial charge in [0.1, 0.15) is 5.82 Å². The van der Waals surface area contributed by atoms with Crippen molar-refractivity contribution in [2.45, 2.75) is 44.6 Å². The van der Waals surface area contributed by atoms with E-state index in [0.717, 1.165) is 24.8 Å². The van der Waals surface area contributed by atoms with Crippen molar-refractivity contribution in [3.05, 3.63) is 34.6 Å². The maximum atomic E-state index is 13.2. The third-order valence-corrected chi connectivity index (χ3v) is 4.99. The largest absolute Gasteiger partial charge is 0.297 e. The van der Waals surface area contributed by atoms with Gasteiger partial charge in [-0.15, -0.1) is 0 Å². The Labute approximate surface area is 131 Å². The Morgan fingerprint density at radius 3 is 2.76 bits per heavy atom. The van der Waals surface area contributed by atoms with Crippen LogP contribution in [0.25, 0.3) is 0 Å². The summed E-state index contributed by atoms with van der Waals surface area (Å²) in [4.78, 5) is 15.0. The van der Waals surface area contributed by atoms with Gasteiger partial charge < -0.3 is 0 Å². The van der Waals surface area contributed by atoms with E-state index in [9.17, 15) is 9.18 Å². The average molecular weight is 312 g/mol. The number of hydrogen-bond acceptors (Lipinski definition) is 2. The Hall–Kier alpha value is -0.930. The molecule has 2 rings (SSSR count). The van der Waals surface area contributed by atoms with Crippen LogP contribution < -0.4 is 0 Å². The zero-order chi connectivity index (χ0) is 15.6. The molecule has 1 aliphatic rings. The molecule has 0 aromatic heterocycles. The van der Waals surface area contributed by atoms with Crippen LogP contribution >= 0.6 is 11.6 Å². The average Bonchev–Trinajstić information content (AvgIpc) is 2.42. The lowest BCUT2D eigenvalue weighted by Gasteiger charge is -2.44. The van der Waals surface area contributed by atoms with E-state index in [1.807, 2.05) is 14.1 Å². The van der Waals surface area contributed by atoms with Gasteiger partial charge in [-0.2, -0.15) is 0 Å². The van der Waals surface area contributed by atoms with Crippen LogP contribution in [0.4, 0.5) is 4.39 Å². The van der Waals surface area contributed by atoms with Crippen LogP contribution in [0, 0.1) is 11.7 Å². The normalized spacial score (nSPS) is 26.1. The standard InChI is InChI=1S/C17H23ClFNO/c1-12-5-4-8-17(11-12,20(2)3)16(21)10-13-6-7-15(19)14(18)9-13/h6-7,9,12H,4-5,8,10-11H2,1-3H3. The lowest BCUT2D eigenvalue weighted by atomic mass is 9.72. The molecule has 1 aliphatic carbocycles. The molecule has 0 saturated heterocycles. The highest BCUT2D eigenvalue weighted by atomic mass is 35.5. The van der Waals surface area contributed by atoms with E-state index >= 15 is 0 Å². The second-order valence-electron chi connectivity index (χ2n) is 6.48. The number of likely N-dealkylation sites (N-methyl/N-ethyl adjacent to an activating group) is 1. The Bertz CT molecular complexity index is 532. The van der Waals surface area contributed by atoms with Crippen molar-refractivity contribution in [1.82, 2.24) is 4.90 Å². The van der Waals surface area contributed by atoms with Gasteiger partial charge in [0.15, 0.2) is 5.78 Å². The van der Waals surface area contributed by atoms with Crippen LogP contribution in [0.15, 0.2) is 18.2 Å². The Morgan fingerprint density at radius 1 is 1.48 bits per heavy atom. The first kappa shape index (κ1) is 16.4. The van der Waals surface area contributed by atoms with E-state index in [4.69, 9.17) is 11.6 Å². The van der Waals surface area contributed by atoms with Crippen LogP contribution in [0.3, 0.4) is 0 Å². The van der Waals surface area contributed by atoms with Crippen molar-refractivity contribution in [2.24, 2.45) is 5.92 Å². The predicted molar refractivity (Wildman–Crippen MR) is 84.2 cm³/mol. The maximum Gasteiger partial charge on any atom is 0.157 e. The van der Waals surface area contributed by atoms with E-state index in [0.29, 0.717) is 12.3 Å². The molecule has 4 heteroatoms. The zero-order valence-corrected chi connectivity index (χ0v) is 13.7. The molecule has 2 nitrogen and oxygen atoms in total. The molecule has 1 aromatic carbocycles. The molecule has 116 valence electrons. The van der Waals surface area contributed by atoms with E-state index in [2.05, 4.69) is 11.8 Å². The molecule has 2 unspecified atom stereocenters. The number of carbonyl (C=O) groups is 1. The molecule has 0 aliphatic heterocycles. The second kappa shape index (κ2) is 6.45. The summed E-state index contributed by atoms with van der Waals surface area (Å²) in [6.45, 7) is 2.21. The highest BCUT2D eigenvalue weighted by Gasteiger charge is 2.42. The lowest BCUT2D eigenvalue weighted by Crippen LogP contribution is -2.54. The number of rotatable bonds is 4. The van der Waals surface area contributed by atoms with Crippen molar-refractivity contribution in [3.63, 3.8) is 0 Å². The third-order valence-electron chi connectivity index (χ3n) is 4.70. The van der Waals surface area contributed by atoms with Crippen LogP contribution in [0.5, 0.6) is 0 Å². The highest BCUT2D eigenvalue weighted by molar-refractivity contribution is 6.30. The summed E-state index contributed by atoms with van der Waals surface area (Å²) in [6.07, 6.45) is 4.37. The van der Waals surface area contributed by atoms with Gasteiger partial charge in [-0.3, -0.25) is 9.69 Å². The SMILES string of the molecule is CC1CCCC(C(=O)Cc2ccc(F)c(Cl)c2)(N(C)C)C1. The molecule has 1 saturated carbocycles. The number of Topliss-reactive ketones (excluding diaryl/α,β-unsaturated/α-hetero) is 1. The first-order chi connectivity index (χ1) is 9.85. The van der Waals surface area contributed by atoms with Crippen LogP contribution in [-0.2, 0) is 11.2 Å². The summed E-state index contributed by atoms with van der Waals surface area (Å²) in [5.74, 6) is 0.324. The van der Waals surface area contributed by atoms with Gasteiger partial charge in [-0.05, 0) is 50.6 Å². The number of halogens is 2.